The Hall–Kier alpha value is -0.0800. The first kappa shape index (κ1) is 10.8. The van der Waals surface area contributed by atoms with Gasteiger partial charge in [0.25, 0.3) is 0 Å². The van der Waals surface area contributed by atoms with Crippen LogP contribution in [-0.4, -0.2) is 37.1 Å². The van der Waals surface area contributed by atoms with Crippen molar-refractivity contribution < 1.29 is 0 Å². The molecule has 6 atom stereocenters. The monoisotopic (exact) mass is 234 g/mol. The molecule has 0 aromatic rings. The van der Waals surface area contributed by atoms with Gasteiger partial charge < -0.3 is 5.32 Å². The summed E-state index contributed by atoms with van der Waals surface area (Å²) in [7, 11) is 0. The zero-order valence-corrected chi connectivity index (χ0v) is 11.1. The Balaban J connectivity index is 1.40. The van der Waals surface area contributed by atoms with E-state index in [4.69, 9.17) is 0 Å². The second-order valence-electron chi connectivity index (χ2n) is 7.21. The SMILES string of the molecule is CC1C2CNCC2CN1CC1CC2CCC1C2. The second kappa shape index (κ2) is 3.96. The number of nitrogens with one attached hydrogen (secondary N) is 1. The van der Waals surface area contributed by atoms with E-state index in [0.717, 1.165) is 35.6 Å². The normalized spacial score (nSPS) is 53.5. The molecule has 2 saturated carbocycles. The molecule has 0 aromatic carbocycles. The fourth-order valence-corrected chi connectivity index (χ4v) is 5.40. The van der Waals surface area contributed by atoms with Crippen molar-refractivity contribution in [1.29, 1.82) is 0 Å². The van der Waals surface area contributed by atoms with Crippen LogP contribution in [0.4, 0.5) is 0 Å². The van der Waals surface area contributed by atoms with E-state index in [2.05, 4.69) is 17.1 Å². The summed E-state index contributed by atoms with van der Waals surface area (Å²) in [6, 6.07) is 0.842. The fraction of sp³-hybridized carbons (Fsp3) is 1.00. The zero-order valence-electron chi connectivity index (χ0n) is 11.1. The summed E-state index contributed by atoms with van der Waals surface area (Å²) in [4.78, 5) is 2.83. The molecule has 2 aliphatic heterocycles. The van der Waals surface area contributed by atoms with Crippen molar-refractivity contribution in [3.05, 3.63) is 0 Å². The van der Waals surface area contributed by atoms with Gasteiger partial charge in [-0.2, -0.15) is 0 Å². The number of hydrogen-bond acceptors (Lipinski definition) is 2. The van der Waals surface area contributed by atoms with Crippen LogP contribution in [0.5, 0.6) is 0 Å². The lowest BCUT2D eigenvalue weighted by molar-refractivity contribution is 0.170. The molecule has 2 bridgehead atoms. The van der Waals surface area contributed by atoms with Crippen LogP contribution >= 0.6 is 0 Å². The minimum absolute atomic E-state index is 0.842. The third-order valence-electron chi connectivity index (χ3n) is 6.41. The first-order valence-corrected chi connectivity index (χ1v) is 7.76. The zero-order chi connectivity index (χ0) is 11.4. The highest BCUT2D eigenvalue weighted by Gasteiger charge is 2.45. The molecule has 2 saturated heterocycles. The Morgan fingerprint density at radius 1 is 1.12 bits per heavy atom. The molecule has 2 heteroatoms. The van der Waals surface area contributed by atoms with Crippen molar-refractivity contribution >= 4 is 0 Å². The highest BCUT2D eigenvalue weighted by atomic mass is 15.2. The summed E-state index contributed by atoms with van der Waals surface area (Å²) >= 11 is 0. The molecule has 2 nitrogen and oxygen atoms in total. The van der Waals surface area contributed by atoms with Gasteiger partial charge >= 0.3 is 0 Å². The summed E-state index contributed by atoms with van der Waals surface area (Å²) in [6.07, 6.45) is 6.22. The van der Waals surface area contributed by atoms with Gasteiger partial charge in [-0.25, -0.2) is 0 Å². The Kier molecular flexibility index (Phi) is 2.52. The average Bonchev–Trinajstić information content (AvgIpc) is 3.03. The minimum Gasteiger partial charge on any atom is -0.316 e. The van der Waals surface area contributed by atoms with Crippen molar-refractivity contribution in [2.45, 2.75) is 38.6 Å². The standard InChI is InChI=1S/C15H26N2/c1-10-15-7-16-6-14(15)9-17(10)8-13-5-11-2-3-12(13)4-11/h10-16H,2-9H2,1H3. The van der Waals surface area contributed by atoms with Gasteiger partial charge in [-0.3, -0.25) is 4.90 Å². The van der Waals surface area contributed by atoms with Crippen LogP contribution in [0, 0.1) is 29.6 Å². The van der Waals surface area contributed by atoms with Crippen LogP contribution in [0.3, 0.4) is 0 Å². The molecule has 2 aliphatic carbocycles. The summed E-state index contributed by atoms with van der Waals surface area (Å²) < 4.78 is 0. The van der Waals surface area contributed by atoms with Crippen LogP contribution in [-0.2, 0) is 0 Å². The predicted octanol–water partition coefficient (Wildman–Crippen LogP) is 1.96. The van der Waals surface area contributed by atoms with Crippen LogP contribution in [0.15, 0.2) is 0 Å². The maximum Gasteiger partial charge on any atom is 0.0111 e. The summed E-state index contributed by atoms with van der Waals surface area (Å²) in [6.45, 7) is 7.84. The van der Waals surface area contributed by atoms with Crippen molar-refractivity contribution in [3.63, 3.8) is 0 Å². The lowest BCUT2D eigenvalue weighted by Gasteiger charge is -2.31. The minimum atomic E-state index is 0.842. The molecule has 1 N–H and O–H groups in total. The maximum absolute atomic E-state index is 3.57. The molecule has 6 unspecified atom stereocenters. The molecular formula is C15H26N2. The maximum atomic E-state index is 3.57. The van der Waals surface area contributed by atoms with Crippen LogP contribution < -0.4 is 5.32 Å². The van der Waals surface area contributed by atoms with Gasteiger partial charge in [0.05, 0.1) is 0 Å². The molecule has 0 aromatic heterocycles. The van der Waals surface area contributed by atoms with Crippen LogP contribution in [0.2, 0.25) is 0 Å². The number of rotatable bonds is 2. The molecule has 0 spiro atoms. The van der Waals surface area contributed by atoms with E-state index in [-0.39, 0.29) is 0 Å². The molecular weight excluding hydrogens is 208 g/mol. The van der Waals surface area contributed by atoms with Crippen LogP contribution in [0.25, 0.3) is 0 Å². The lowest BCUT2D eigenvalue weighted by Crippen LogP contribution is -2.38. The van der Waals surface area contributed by atoms with E-state index in [1.807, 2.05) is 0 Å². The molecule has 4 rings (SSSR count). The largest absolute Gasteiger partial charge is 0.316 e. The Morgan fingerprint density at radius 2 is 2.06 bits per heavy atom. The molecule has 2 heterocycles. The molecule has 0 amide bonds. The number of nitrogens with zero attached hydrogens (tertiary/aromatic N) is 1. The summed E-state index contributed by atoms with van der Waals surface area (Å²) in [5, 5.41) is 3.57. The number of likely N-dealkylation sites (tertiary alicyclic amines) is 1. The van der Waals surface area contributed by atoms with Crippen molar-refractivity contribution in [2.75, 3.05) is 26.2 Å². The smallest absolute Gasteiger partial charge is 0.0111 e. The lowest BCUT2D eigenvalue weighted by atomic mass is 9.88. The van der Waals surface area contributed by atoms with E-state index in [1.54, 1.807) is 25.7 Å². The van der Waals surface area contributed by atoms with E-state index in [1.165, 1.54) is 26.2 Å². The molecule has 96 valence electrons. The van der Waals surface area contributed by atoms with Crippen molar-refractivity contribution in [3.8, 4) is 0 Å². The van der Waals surface area contributed by atoms with Gasteiger partial charge in [0.2, 0.25) is 0 Å². The summed E-state index contributed by atoms with van der Waals surface area (Å²) in [5.41, 5.74) is 0. The van der Waals surface area contributed by atoms with Gasteiger partial charge in [-0.15, -0.1) is 0 Å². The summed E-state index contributed by atoms with van der Waals surface area (Å²) in [5.74, 6) is 5.19. The third kappa shape index (κ3) is 1.67. The molecule has 4 aliphatic rings. The Morgan fingerprint density at radius 3 is 2.76 bits per heavy atom. The highest BCUT2D eigenvalue weighted by Crippen LogP contribution is 2.49. The first-order chi connectivity index (χ1) is 8.31. The van der Waals surface area contributed by atoms with Gasteiger partial charge in [-0.05, 0) is 68.9 Å². The van der Waals surface area contributed by atoms with Crippen molar-refractivity contribution in [2.24, 2.45) is 29.6 Å². The number of hydrogen-bond donors (Lipinski definition) is 1. The van der Waals surface area contributed by atoms with E-state index >= 15 is 0 Å². The molecule has 0 radical (unpaired) electrons. The van der Waals surface area contributed by atoms with E-state index in [9.17, 15) is 0 Å². The van der Waals surface area contributed by atoms with E-state index < -0.39 is 0 Å². The fourth-order valence-electron chi connectivity index (χ4n) is 5.40. The Labute approximate surface area is 105 Å². The predicted molar refractivity (Wildman–Crippen MR) is 69.8 cm³/mol. The molecule has 4 fully saturated rings. The average molecular weight is 234 g/mol. The van der Waals surface area contributed by atoms with Gasteiger partial charge in [0, 0.05) is 19.1 Å². The quantitative estimate of drug-likeness (QED) is 0.786. The topological polar surface area (TPSA) is 15.3 Å². The van der Waals surface area contributed by atoms with Crippen LogP contribution in [0.1, 0.15) is 32.6 Å². The first-order valence-electron chi connectivity index (χ1n) is 7.76. The van der Waals surface area contributed by atoms with Gasteiger partial charge in [-0.1, -0.05) is 6.42 Å². The van der Waals surface area contributed by atoms with Crippen molar-refractivity contribution in [1.82, 2.24) is 10.2 Å². The van der Waals surface area contributed by atoms with Gasteiger partial charge in [0.1, 0.15) is 0 Å². The Bertz CT molecular complexity index is 303. The number of fused-ring (bicyclic) bond motifs is 3. The third-order valence-corrected chi connectivity index (χ3v) is 6.41. The van der Waals surface area contributed by atoms with E-state index in [0.29, 0.717) is 0 Å². The second-order valence-corrected chi connectivity index (χ2v) is 7.21. The highest BCUT2D eigenvalue weighted by molar-refractivity contribution is 4.99. The molecule has 17 heavy (non-hydrogen) atoms. The van der Waals surface area contributed by atoms with Gasteiger partial charge in [0.15, 0.2) is 0 Å².